The number of benzene rings is 1. The van der Waals surface area contributed by atoms with Gasteiger partial charge in [-0.3, -0.25) is 0 Å². The number of aromatic nitrogens is 1. The van der Waals surface area contributed by atoms with Crippen molar-refractivity contribution in [3.05, 3.63) is 51.6 Å². The third-order valence-electron chi connectivity index (χ3n) is 2.44. The fraction of sp³-hybridized carbons (Fsp3) is 0.0769. The molecule has 104 valence electrons. The number of aryl methyl sites for hydroxylation is 1. The van der Waals surface area contributed by atoms with Crippen molar-refractivity contribution >= 4 is 40.8 Å². The van der Waals surface area contributed by atoms with Crippen molar-refractivity contribution in [2.24, 2.45) is 10.9 Å². The molecule has 0 saturated heterocycles. The lowest BCUT2D eigenvalue weighted by Crippen LogP contribution is -2.13. The minimum Gasteiger partial charge on any atom is -0.409 e. The smallest absolute Gasteiger partial charge is 0.170 e. The molecule has 0 bridgehead atoms. The van der Waals surface area contributed by atoms with Crippen LogP contribution in [0.25, 0.3) is 0 Å². The number of nitrogens with two attached hydrogens (primary N) is 1. The van der Waals surface area contributed by atoms with Crippen LogP contribution in [-0.2, 0) is 0 Å². The minimum atomic E-state index is 0.0366. The molecule has 1 aromatic heterocycles. The maximum atomic E-state index is 8.74. The van der Waals surface area contributed by atoms with E-state index < -0.39 is 0 Å². The number of pyridine rings is 1. The maximum absolute atomic E-state index is 8.74. The van der Waals surface area contributed by atoms with E-state index in [1.165, 1.54) is 11.8 Å². The number of rotatable bonds is 3. The topological polar surface area (TPSA) is 71.5 Å². The van der Waals surface area contributed by atoms with Crippen LogP contribution in [0.1, 0.15) is 11.3 Å². The summed E-state index contributed by atoms with van der Waals surface area (Å²) in [5.41, 5.74) is 6.95. The Balaban J connectivity index is 2.38. The van der Waals surface area contributed by atoms with E-state index in [1.54, 1.807) is 30.3 Å². The normalized spacial score (nSPS) is 11.7. The first-order valence-electron chi connectivity index (χ1n) is 5.59. The summed E-state index contributed by atoms with van der Waals surface area (Å²) in [6, 6.07) is 8.68. The highest BCUT2D eigenvalue weighted by Gasteiger charge is 2.08. The number of amidine groups is 1. The van der Waals surface area contributed by atoms with E-state index >= 15 is 0 Å². The number of nitrogens with zero attached hydrogens (tertiary/aromatic N) is 2. The zero-order valence-electron chi connectivity index (χ0n) is 10.5. The minimum absolute atomic E-state index is 0.0366. The van der Waals surface area contributed by atoms with Crippen LogP contribution < -0.4 is 5.73 Å². The van der Waals surface area contributed by atoms with Gasteiger partial charge in [0.1, 0.15) is 5.03 Å². The van der Waals surface area contributed by atoms with E-state index in [-0.39, 0.29) is 5.84 Å². The monoisotopic (exact) mass is 327 g/mol. The molecule has 0 saturated carbocycles. The lowest BCUT2D eigenvalue weighted by Gasteiger charge is -2.07. The van der Waals surface area contributed by atoms with Crippen LogP contribution in [0.4, 0.5) is 0 Å². The summed E-state index contributed by atoms with van der Waals surface area (Å²) in [6.07, 6.45) is 0. The Kier molecular flexibility index (Phi) is 4.75. The van der Waals surface area contributed by atoms with Gasteiger partial charge in [-0.05, 0) is 37.3 Å². The average Bonchev–Trinajstić information content (AvgIpc) is 2.41. The lowest BCUT2D eigenvalue weighted by molar-refractivity contribution is 0.318. The molecule has 0 spiro atoms. The fourth-order valence-electron chi connectivity index (χ4n) is 1.56. The van der Waals surface area contributed by atoms with Crippen LogP contribution in [0.5, 0.6) is 0 Å². The van der Waals surface area contributed by atoms with E-state index in [9.17, 15) is 0 Å². The molecular formula is C13H11Cl2N3OS. The maximum Gasteiger partial charge on any atom is 0.170 e. The highest BCUT2D eigenvalue weighted by atomic mass is 35.5. The van der Waals surface area contributed by atoms with Gasteiger partial charge in [0.2, 0.25) is 0 Å². The Labute approximate surface area is 130 Å². The van der Waals surface area contributed by atoms with Crippen molar-refractivity contribution in [2.75, 3.05) is 0 Å². The number of halogens is 2. The Hall–Kier alpha value is -1.43. The molecule has 0 radical (unpaired) electrons. The summed E-state index contributed by atoms with van der Waals surface area (Å²) in [5.74, 6) is 0.0366. The van der Waals surface area contributed by atoms with Gasteiger partial charge in [-0.2, -0.15) is 0 Å². The van der Waals surface area contributed by atoms with E-state index in [2.05, 4.69) is 10.1 Å². The van der Waals surface area contributed by atoms with Gasteiger partial charge >= 0.3 is 0 Å². The van der Waals surface area contributed by atoms with Crippen molar-refractivity contribution in [2.45, 2.75) is 16.8 Å². The zero-order chi connectivity index (χ0) is 14.7. The largest absolute Gasteiger partial charge is 0.409 e. The van der Waals surface area contributed by atoms with Crippen molar-refractivity contribution in [1.82, 2.24) is 4.98 Å². The Morgan fingerprint density at radius 1 is 1.30 bits per heavy atom. The standard InChI is InChI=1S/C13H11Cl2N3OS/c1-7-4-8(13(16)18-19)5-12(17-7)20-11-6-9(14)2-3-10(11)15/h2-6,19H,1H3,(H2,16,18). The van der Waals surface area contributed by atoms with Crippen molar-refractivity contribution in [3.63, 3.8) is 0 Å². The molecule has 0 unspecified atom stereocenters. The SMILES string of the molecule is Cc1cc(/C(N)=N/O)cc(Sc2cc(Cl)ccc2Cl)n1. The van der Waals surface area contributed by atoms with Crippen molar-refractivity contribution in [3.8, 4) is 0 Å². The first-order chi connectivity index (χ1) is 9.49. The molecule has 4 nitrogen and oxygen atoms in total. The van der Waals surface area contributed by atoms with Gasteiger partial charge in [0, 0.05) is 21.2 Å². The van der Waals surface area contributed by atoms with Crippen LogP contribution in [0.3, 0.4) is 0 Å². The van der Waals surface area contributed by atoms with E-state index in [1.807, 2.05) is 6.92 Å². The summed E-state index contributed by atoms with van der Waals surface area (Å²) in [4.78, 5) is 5.18. The second-order valence-electron chi connectivity index (χ2n) is 4.00. The molecule has 0 aliphatic rings. The molecule has 0 aliphatic heterocycles. The highest BCUT2D eigenvalue weighted by molar-refractivity contribution is 7.99. The summed E-state index contributed by atoms with van der Waals surface area (Å²) in [5, 5.41) is 13.6. The van der Waals surface area contributed by atoms with Gasteiger partial charge in [-0.25, -0.2) is 4.98 Å². The average molecular weight is 328 g/mol. The molecular weight excluding hydrogens is 317 g/mol. The Bertz CT molecular complexity index is 677. The van der Waals surface area contributed by atoms with Crippen LogP contribution in [0, 0.1) is 6.92 Å². The quantitative estimate of drug-likeness (QED) is 0.387. The molecule has 0 amide bonds. The third kappa shape index (κ3) is 3.56. The molecule has 1 aromatic carbocycles. The second kappa shape index (κ2) is 6.35. The third-order valence-corrected chi connectivity index (χ3v) is 4.09. The molecule has 3 N–H and O–H groups in total. The van der Waals surface area contributed by atoms with Crippen LogP contribution in [0.2, 0.25) is 10.0 Å². The van der Waals surface area contributed by atoms with Gasteiger partial charge in [0.25, 0.3) is 0 Å². The Morgan fingerprint density at radius 3 is 2.75 bits per heavy atom. The van der Waals surface area contributed by atoms with Gasteiger partial charge in [0.15, 0.2) is 5.84 Å². The first kappa shape index (κ1) is 15.0. The lowest BCUT2D eigenvalue weighted by atomic mass is 10.2. The number of hydrogen-bond acceptors (Lipinski definition) is 4. The van der Waals surface area contributed by atoms with Crippen LogP contribution in [-0.4, -0.2) is 16.0 Å². The van der Waals surface area contributed by atoms with Gasteiger partial charge in [-0.15, -0.1) is 0 Å². The van der Waals surface area contributed by atoms with Gasteiger partial charge in [0.05, 0.1) is 5.02 Å². The second-order valence-corrected chi connectivity index (χ2v) is 5.90. The molecule has 2 rings (SSSR count). The molecule has 0 fully saturated rings. The molecule has 1 heterocycles. The van der Waals surface area contributed by atoms with E-state index in [0.29, 0.717) is 20.6 Å². The van der Waals surface area contributed by atoms with Crippen molar-refractivity contribution in [1.29, 1.82) is 0 Å². The summed E-state index contributed by atoms with van der Waals surface area (Å²) >= 11 is 13.4. The molecule has 2 aromatic rings. The summed E-state index contributed by atoms with van der Waals surface area (Å²) in [7, 11) is 0. The molecule has 7 heteroatoms. The number of oxime groups is 1. The summed E-state index contributed by atoms with van der Waals surface area (Å²) < 4.78 is 0. The fourth-order valence-corrected chi connectivity index (χ4v) is 2.99. The van der Waals surface area contributed by atoms with E-state index in [4.69, 9.17) is 34.1 Å². The summed E-state index contributed by atoms with van der Waals surface area (Å²) in [6.45, 7) is 1.83. The van der Waals surface area contributed by atoms with Gasteiger partial charge in [-0.1, -0.05) is 40.1 Å². The first-order valence-corrected chi connectivity index (χ1v) is 7.16. The van der Waals surface area contributed by atoms with Crippen LogP contribution >= 0.6 is 35.0 Å². The van der Waals surface area contributed by atoms with Crippen LogP contribution in [0.15, 0.2) is 45.4 Å². The van der Waals surface area contributed by atoms with Crippen molar-refractivity contribution < 1.29 is 5.21 Å². The van der Waals surface area contributed by atoms with E-state index in [0.717, 1.165) is 10.6 Å². The molecule has 0 atom stereocenters. The molecule has 0 aliphatic carbocycles. The number of hydrogen-bond donors (Lipinski definition) is 2. The highest BCUT2D eigenvalue weighted by Crippen LogP contribution is 2.34. The predicted molar refractivity (Wildman–Crippen MR) is 82.1 cm³/mol. The zero-order valence-corrected chi connectivity index (χ0v) is 12.8. The molecule has 20 heavy (non-hydrogen) atoms. The van der Waals surface area contributed by atoms with Gasteiger partial charge < -0.3 is 10.9 Å². The Morgan fingerprint density at radius 2 is 2.05 bits per heavy atom. The predicted octanol–water partition coefficient (Wildman–Crippen LogP) is 3.94.